The Morgan fingerprint density at radius 1 is 1.21 bits per heavy atom. The first kappa shape index (κ1) is 8.43. The number of amides is 1. The Labute approximate surface area is 79.7 Å². The van der Waals surface area contributed by atoms with Gasteiger partial charge >= 0.3 is 0 Å². The minimum atomic E-state index is 0.325. The Kier molecular flexibility index (Phi) is 2.22. The van der Waals surface area contributed by atoms with Crippen molar-refractivity contribution < 1.29 is 9.42 Å². The summed E-state index contributed by atoms with van der Waals surface area (Å²) in [6.45, 7) is 0. The summed E-state index contributed by atoms with van der Waals surface area (Å²) in [7, 11) is 0. The van der Waals surface area contributed by atoms with Crippen molar-refractivity contribution in [2.24, 2.45) is 0 Å². The Morgan fingerprint density at radius 3 is 2.71 bits per heavy atom. The van der Waals surface area contributed by atoms with Crippen molar-refractivity contribution in [1.29, 1.82) is 0 Å². The summed E-state index contributed by atoms with van der Waals surface area (Å²) in [5, 5.41) is 9.66. The molecule has 1 aromatic heterocycles. The Bertz CT molecular complexity index is 425. The number of anilines is 1. The average Bonchev–Trinajstić information content (AvgIpc) is 2.68. The molecule has 0 aliphatic rings. The molecule has 1 amide bonds. The zero-order valence-corrected chi connectivity index (χ0v) is 7.18. The summed E-state index contributed by atoms with van der Waals surface area (Å²) in [4.78, 5) is 10.2. The molecule has 0 aliphatic carbocycles. The SMILES string of the molecule is O=CNc1nonc1-c1ccccc1. The van der Waals surface area contributed by atoms with Crippen LogP contribution >= 0.6 is 0 Å². The molecule has 1 heterocycles. The van der Waals surface area contributed by atoms with E-state index in [2.05, 4.69) is 20.3 Å². The molecule has 0 saturated heterocycles. The number of carbonyl (C=O) groups is 1. The summed E-state index contributed by atoms with van der Waals surface area (Å²) in [5.74, 6) is 0.325. The van der Waals surface area contributed by atoms with Gasteiger partial charge in [0.15, 0.2) is 5.69 Å². The molecule has 0 unspecified atom stereocenters. The zero-order valence-electron chi connectivity index (χ0n) is 7.18. The summed E-state index contributed by atoms with van der Waals surface area (Å²) < 4.78 is 4.53. The van der Waals surface area contributed by atoms with Gasteiger partial charge in [-0.1, -0.05) is 30.3 Å². The van der Waals surface area contributed by atoms with Crippen LogP contribution in [-0.4, -0.2) is 16.7 Å². The number of nitrogens with zero attached hydrogens (tertiary/aromatic N) is 2. The van der Waals surface area contributed by atoms with Gasteiger partial charge in [0, 0.05) is 5.56 Å². The van der Waals surface area contributed by atoms with E-state index in [9.17, 15) is 4.79 Å². The first-order chi connectivity index (χ1) is 6.92. The van der Waals surface area contributed by atoms with Gasteiger partial charge in [-0.15, -0.1) is 0 Å². The van der Waals surface area contributed by atoms with Crippen LogP contribution in [0.4, 0.5) is 5.82 Å². The fraction of sp³-hybridized carbons (Fsp3) is 0. The van der Waals surface area contributed by atoms with Crippen LogP contribution in [0.25, 0.3) is 11.3 Å². The first-order valence-corrected chi connectivity index (χ1v) is 4.00. The molecule has 0 atom stereocenters. The highest BCUT2D eigenvalue weighted by Gasteiger charge is 2.10. The molecule has 0 saturated carbocycles. The third-order valence-corrected chi connectivity index (χ3v) is 1.73. The second kappa shape index (κ2) is 3.69. The number of hydrogen-bond donors (Lipinski definition) is 1. The maximum absolute atomic E-state index is 10.2. The van der Waals surface area contributed by atoms with Crippen LogP contribution in [0.1, 0.15) is 0 Å². The van der Waals surface area contributed by atoms with Crippen molar-refractivity contribution in [3.8, 4) is 11.3 Å². The smallest absolute Gasteiger partial charge is 0.212 e. The lowest BCUT2D eigenvalue weighted by molar-refractivity contribution is -0.105. The molecule has 1 N–H and O–H groups in total. The summed E-state index contributed by atoms with van der Waals surface area (Å²) in [5.41, 5.74) is 1.37. The van der Waals surface area contributed by atoms with Crippen LogP contribution in [0.15, 0.2) is 35.0 Å². The Balaban J connectivity index is 2.41. The quantitative estimate of drug-likeness (QED) is 0.739. The molecule has 1 aromatic carbocycles. The second-order valence-corrected chi connectivity index (χ2v) is 2.59. The average molecular weight is 189 g/mol. The number of benzene rings is 1. The topological polar surface area (TPSA) is 68.0 Å². The molecule has 5 nitrogen and oxygen atoms in total. The minimum absolute atomic E-state index is 0.325. The fourth-order valence-corrected chi connectivity index (χ4v) is 1.12. The lowest BCUT2D eigenvalue weighted by atomic mass is 10.1. The number of carbonyl (C=O) groups excluding carboxylic acids is 1. The second-order valence-electron chi connectivity index (χ2n) is 2.59. The molecule has 0 spiro atoms. The monoisotopic (exact) mass is 189 g/mol. The van der Waals surface area contributed by atoms with Crippen molar-refractivity contribution in [2.75, 3.05) is 5.32 Å². The summed E-state index contributed by atoms with van der Waals surface area (Å²) in [6.07, 6.45) is 0.534. The standard InChI is InChI=1S/C9H7N3O2/c13-6-10-9-8(11-14-12-9)7-4-2-1-3-5-7/h1-6H,(H,10,12,13). The van der Waals surface area contributed by atoms with Crippen LogP contribution in [0.2, 0.25) is 0 Å². The largest absolute Gasteiger partial charge is 0.309 e. The third kappa shape index (κ3) is 1.47. The number of hydrogen-bond acceptors (Lipinski definition) is 4. The molecule has 0 aliphatic heterocycles. The summed E-state index contributed by atoms with van der Waals surface area (Å²) in [6, 6.07) is 9.35. The van der Waals surface area contributed by atoms with E-state index in [0.717, 1.165) is 5.56 Å². The third-order valence-electron chi connectivity index (χ3n) is 1.73. The summed E-state index contributed by atoms with van der Waals surface area (Å²) >= 11 is 0. The molecule has 0 radical (unpaired) electrons. The molecule has 2 aromatic rings. The number of aromatic nitrogens is 2. The number of nitrogens with one attached hydrogen (secondary N) is 1. The molecule has 0 bridgehead atoms. The molecule has 2 rings (SSSR count). The molecular weight excluding hydrogens is 182 g/mol. The van der Waals surface area contributed by atoms with E-state index in [-0.39, 0.29) is 0 Å². The van der Waals surface area contributed by atoms with Gasteiger partial charge in [0.25, 0.3) is 0 Å². The molecule has 5 heteroatoms. The van der Waals surface area contributed by atoms with E-state index in [1.165, 1.54) is 0 Å². The Hall–Kier alpha value is -2.17. The predicted molar refractivity (Wildman–Crippen MR) is 49.4 cm³/mol. The van der Waals surface area contributed by atoms with Crippen LogP contribution in [0.5, 0.6) is 0 Å². The molecular formula is C9H7N3O2. The van der Waals surface area contributed by atoms with E-state index >= 15 is 0 Å². The maximum atomic E-state index is 10.2. The van der Waals surface area contributed by atoms with Gasteiger partial charge in [-0.05, 0) is 10.3 Å². The zero-order chi connectivity index (χ0) is 9.80. The lowest BCUT2D eigenvalue weighted by Crippen LogP contribution is -1.95. The van der Waals surface area contributed by atoms with Crippen molar-refractivity contribution in [3.63, 3.8) is 0 Å². The van der Waals surface area contributed by atoms with Gasteiger partial charge in [-0.3, -0.25) is 4.79 Å². The lowest BCUT2D eigenvalue weighted by Gasteiger charge is -1.95. The Morgan fingerprint density at radius 2 is 2.00 bits per heavy atom. The minimum Gasteiger partial charge on any atom is -0.309 e. The van der Waals surface area contributed by atoms with Crippen molar-refractivity contribution in [3.05, 3.63) is 30.3 Å². The van der Waals surface area contributed by atoms with Crippen molar-refractivity contribution in [1.82, 2.24) is 10.3 Å². The van der Waals surface area contributed by atoms with Crippen molar-refractivity contribution in [2.45, 2.75) is 0 Å². The van der Waals surface area contributed by atoms with E-state index in [1.54, 1.807) is 0 Å². The van der Waals surface area contributed by atoms with Gasteiger partial charge in [-0.25, -0.2) is 4.63 Å². The highest BCUT2D eigenvalue weighted by molar-refractivity contribution is 5.79. The van der Waals surface area contributed by atoms with Crippen LogP contribution < -0.4 is 5.32 Å². The predicted octanol–water partition coefficient (Wildman–Crippen LogP) is 1.30. The normalized spacial score (nSPS) is 9.71. The van der Waals surface area contributed by atoms with Gasteiger partial charge < -0.3 is 5.32 Å². The van der Waals surface area contributed by atoms with E-state index in [1.807, 2.05) is 30.3 Å². The fourth-order valence-electron chi connectivity index (χ4n) is 1.12. The van der Waals surface area contributed by atoms with Gasteiger partial charge in [0.1, 0.15) is 0 Å². The van der Waals surface area contributed by atoms with E-state index in [0.29, 0.717) is 17.9 Å². The molecule has 70 valence electrons. The number of rotatable bonds is 3. The van der Waals surface area contributed by atoms with Crippen LogP contribution in [0.3, 0.4) is 0 Å². The van der Waals surface area contributed by atoms with E-state index in [4.69, 9.17) is 0 Å². The maximum Gasteiger partial charge on any atom is 0.212 e. The van der Waals surface area contributed by atoms with Gasteiger partial charge in [0.2, 0.25) is 12.2 Å². The van der Waals surface area contributed by atoms with Crippen molar-refractivity contribution >= 4 is 12.2 Å². The highest BCUT2D eigenvalue weighted by Crippen LogP contribution is 2.22. The van der Waals surface area contributed by atoms with Gasteiger partial charge in [-0.2, -0.15) is 0 Å². The molecule has 0 fully saturated rings. The van der Waals surface area contributed by atoms with Crippen LogP contribution in [0, 0.1) is 0 Å². The highest BCUT2D eigenvalue weighted by atomic mass is 16.6. The van der Waals surface area contributed by atoms with Crippen LogP contribution in [-0.2, 0) is 4.79 Å². The molecule has 14 heavy (non-hydrogen) atoms. The first-order valence-electron chi connectivity index (χ1n) is 4.00. The van der Waals surface area contributed by atoms with Gasteiger partial charge in [0.05, 0.1) is 0 Å². The van der Waals surface area contributed by atoms with E-state index < -0.39 is 0 Å².